The Bertz CT molecular complexity index is 1150. The molecule has 1 aromatic carbocycles. The van der Waals surface area contributed by atoms with Crippen LogP contribution >= 0.6 is 0 Å². The Balaban J connectivity index is 1.96. The number of hydrogen-bond donors (Lipinski definition) is 0. The molecular weight excluding hydrogens is 324 g/mol. The van der Waals surface area contributed by atoms with Crippen LogP contribution < -0.4 is 16.1 Å². The van der Waals surface area contributed by atoms with Crippen LogP contribution in [0, 0.1) is 6.92 Å². The molecule has 1 aliphatic rings. The highest BCUT2D eigenvalue weighted by atomic mass is 16.5. The zero-order chi connectivity index (χ0) is 17.9. The summed E-state index contributed by atoms with van der Waals surface area (Å²) in [7, 11) is 3.39. The second-order valence-corrected chi connectivity index (χ2v) is 6.30. The van der Waals surface area contributed by atoms with Crippen molar-refractivity contribution in [2.45, 2.75) is 19.3 Å². The lowest BCUT2D eigenvalue weighted by Gasteiger charge is -2.23. The van der Waals surface area contributed by atoms with Gasteiger partial charge in [0, 0.05) is 26.1 Å². The molecule has 0 N–H and O–H groups in total. The molecule has 0 amide bonds. The average Bonchev–Trinajstić information content (AvgIpc) is 2.77. The van der Waals surface area contributed by atoms with E-state index >= 15 is 0 Å². The van der Waals surface area contributed by atoms with Crippen LogP contribution in [0.25, 0.3) is 11.0 Å². The summed E-state index contributed by atoms with van der Waals surface area (Å²) in [5, 5.41) is 0. The van der Waals surface area contributed by atoms with Crippen molar-refractivity contribution < 1.29 is 13.9 Å². The first-order valence-corrected chi connectivity index (χ1v) is 7.87. The van der Waals surface area contributed by atoms with Crippen molar-refractivity contribution in [3.8, 4) is 5.75 Å². The highest BCUT2D eigenvalue weighted by molar-refractivity contribution is 5.80. The van der Waals surface area contributed by atoms with Gasteiger partial charge in [-0.3, -0.25) is 13.9 Å². The van der Waals surface area contributed by atoms with Gasteiger partial charge in [0.05, 0.1) is 23.0 Å². The van der Waals surface area contributed by atoms with Crippen molar-refractivity contribution in [2.24, 2.45) is 14.1 Å². The maximum absolute atomic E-state index is 12.3. The van der Waals surface area contributed by atoms with Gasteiger partial charge in [-0.05, 0) is 24.6 Å². The molecule has 0 spiro atoms. The molecule has 25 heavy (non-hydrogen) atoms. The lowest BCUT2D eigenvalue weighted by molar-refractivity contribution is -0.135. The molecular formula is C18H16N2O5. The molecule has 1 aliphatic heterocycles. The number of esters is 1. The van der Waals surface area contributed by atoms with Gasteiger partial charge in [-0.2, -0.15) is 0 Å². The van der Waals surface area contributed by atoms with Gasteiger partial charge >= 0.3 is 17.3 Å². The van der Waals surface area contributed by atoms with Crippen LogP contribution in [0.1, 0.15) is 29.2 Å². The summed E-state index contributed by atoms with van der Waals surface area (Å²) in [6.45, 7) is 1.63. The topological polar surface area (TPSA) is 83.4 Å². The molecule has 0 saturated heterocycles. The summed E-state index contributed by atoms with van der Waals surface area (Å²) >= 11 is 0. The van der Waals surface area contributed by atoms with Crippen molar-refractivity contribution in [3.63, 3.8) is 0 Å². The van der Waals surface area contributed by atoms with Crippen molar-refractivity contribution in [3.05, 3.63) is 62.1 Å². The van der Waals surface area contributed by atoms with Crippen LogP contribution in [0.3, 0.4) is 0 Å². The minimum atomic E-state index is -0.505. The minimum Gasteiger partial charge on any atom is -0.428 e. The third-order valence-electron chi connectivity index (χ3n) is 4.71. The van der Waals surface area contributed by atoms with Gasteiger partial charge in [-0.15, -0.1) is 0 Å². The number of rotatable bonds is 1. The van der Waals surface area contributed by atoms with E-state index in [1.54, 1.807) is 36.2 Å². The zero-order valence-electron chi connectivity index (χ0n) is 14.0. The number of hydrogen-bond acceptors (Lipinski definition) is 5. The first-order valence-electron chi connectivity index (χ1n) is 7.87. The van der Waals surface area contributed by atoms with E-state index in [2.05, 4.69) is 0 Å². The molecule has 128 valence electrons. The van der Waals surface area contributed by atoms with Crippen LogP contribution in [-0.4, -0.2) is 15.1 Å². The van der Waals surface area contributed by atoms with E-state index in [1.807, 2.05) is 18.2 Å². The van der Waals surface area contributed by atoms with Crippen LogP contribution in [0.5, 0.6) is 5.75 Å². The third-order valence-corrected chi connectivity index (χ3v) is 4.71. The normalized spacial score (nSPS) is 16.8. The molecule has 0 radical (unpaired) electrons. The smallest absolute Gasteiger partial charge is 0.343 e. The molecule has 3 aromatic rings. The van der Waals surface area contributed by atoms with Crippen LogP contribution in [-0.2, 0) is 18.9 Å². The van der Waals surface area contributed by atoms with Gasteiger partial charge in [0.2, 0.25) is 0 Å². The van der Waals surface area contributed by atoms with Crippen LogP contribution in [0.4, 0.5) is 0 Å². The molecule has 0 unspecified atom stereocenters. The minimum absolute atomic E-state index is 0.0487. The van der Waals surface area contributed by atoms with Crippen molar-refractivity contribution >= 4 is 17.0 Å². The Morgan fingerprint density at radius 3 is 2.52 bits per heavy atom. The SMILES string of the molecule is Cc1cc2c(c(=O)o1)[C@H](c1ccc3c(c1)n(C)c(=O)n3C)CC(=O)O2. The van der Waals surface area contributed by atoms with Gasteiger partial charge < -0.3 is 9.15 Å². The lowest BCUT2D eigenvalue weighted by Crippen LogP contribution is -2.26. The van der Waals surface area contributed by atoms with Gasteiger partial charge in [0.1, 0.15) is 11.5 Å². The van der Waals surface area contributed by atoms with Crippen LogP contribution in [0.15, 0.2) is 38.3 Å². The molecule has 0 aliphatic carbocycles. The van der Waals surface area contributed by atoms with Gasteiger partial charge in [0.25, 0.3) is 0 Å². The number of aryl methyl sites for hydroxylation is 3. The fraction of sp³-hybridized carbons (Fsp3) is 0.278. The first-order chi connectivity index (χ1) is 11.9. The van der Waals surface area contributed by atoms with Gasteiger partial charge in [0.15, 0.2) is 0 Å². The molecule has 3 heterocycles. The Morgan fingerprint density at radius 1 is 1.04 bits per heavy atom. The highest BCUT2D eigenvalue weighted by Crippen LogP contribution is 2.37. The van der Waals surface area contributed by atoms with E-state index in [4.69, 9.17) is 9.15 Å². The number of ether oxygens (including phenoxy) is 1. The second-order valence-electron chi connectivity index (χ2n) is 6.30. The van der Waals surface area contributed by atoms with E-state index in [9.17, 15) is 14.4 Å². The highest BCUT2D eigenvalue weighted by Gasteiger charge is 2.32. The monoisotopic (exact) mass is 340 g/mol. The number of imidazole rings is 1. The van der Waals surface area contributed by atoms with Crippen molar-refractivity contribution in [2.75, 3.05) is 0 Å². The first kappa shape index (κ1) is 15.4. The number of benzene rings is 1. The van der Waals surface area contributed by atoms with E-state index in [0.717, 1.165) is 16.6 Å². The molecule has 4 rings (SSSR count). The molecule has 7 heteroatoms. The van der Waals surface area contributed by atoms with E-state index in [1.165, 1.54) is 0 Å². The Hall–Kier alpha value is -3.09. The third kappa shape index (κ3) is 2.23. The number of aromatic nitrogens is 2. The van der Waals surface area contributed by atoms with E-state index in [0.29, 0.717) is 11.3 Å². The Kier molecular flexibility index (Phi) is 3.21. The Labute approximate surface area is 142 Å². The lowest BCUT2D eigenvalue weighted by atomic mass is 9.87. The molecule has 0 bridgehead atoms. The molecule has 0 saturated carbocycles. The Morgan fingerprint density at radius 2 is 1.76 bits per heavy atom. The molecule has 1 atom stereocenters. The predicted molar refractivity (Wildman–Crippen MR) is 90.0 cm³/mol. The summed E-state index contributed by atoms with van der Waals surface area (Å²) in [4.78, 5) is 36.5. The fourth-order valence-corrected chi connectivity index (χ4v) is 3.45. The van der Waals surface area contributed by atoms with Crippen molar-refractivity contribution in [1.82, 2.24) is 9.13 Å². The molecule has 2 aromatic heterocycles. The zero-order valence-corrected chi connectivity index (χ0v) is 14.0. The van der Waals surface area contributed by atoms with E-state index in [-0.39, 0.29) is 17.9 Å². The average molecular weight is 340 g/mol. The standard InChI is InChI=1S/C18H16N2O5/c1-9-6-14-16(17(22)24-9)11(8-15(21)25-14)10-4-5-12-13(7-10)20(3)18(23)19(12)2/h4-7,11H,8H2,1-3H3/t11-/m0/s1. The summed E-state index contributed by atoms with van der Waals surface area (Å²) < 4.78 is 13.5. The summed E-state index contributed by atoms with van der Waals surface area (Å²) in [6, 6.07) is 7.04. The fourth-order valence-electron chi connectivity index (χ4n) is 3.45. The largest absolute Gasteiger partial charge is 0.428 e. The number of carbonyl (C=O) groups excluding carboxylic acids is 1. The number of fused-ring (bicyclic) bond motifs is 2. The van der Waals surface area contributed by atoms with E-state index < -0.39 is 17.5 Å². The van der Waals surface area contributed by atoms with Crippen molar-refractivity contribution in [1.29, 1.82) is 0 Å². The van der Waals surface area contributed by atoms with Gasteiger partial charge in [-0.25, -0.2) is 9.59 Å². The molecule has 7 nitrogen and oxygen atoms in total. The summed E-state index contributed by atoms with van der Waals surface area (Å²) in [6.07, 6.45) is 0.0487. The second kappa shape index (κ2) is 5.20. The maximum atomic E-state index is 12.3. The quantitative estimate of drug-likeness (QED) is 0.628. The summed E-state index contributed by atoms with van der Waals surface area (Å²) in [5.41, 5.74) is 1.99. The van der Waals surface area contributed by atoms with Crippen LogP contribution in [0.2, 0.25) is 0 Å². The molecule has 0 fully saturated rings. The van der Waals surface area contributed by atoms with Gasteiger partial charge in [-0.1, -0.05) is 6.07 Å². The number of nitrogens with zero attached hydrogens (tertiary/aromatic N) is 2. The predicted octanol–water partition coefficient (Wildman–Crippen LogP) is 1.58. The summed E-state index contributed by atoms with van der Waals surface area (Å²) in [5.74, 6) is -0.229. The maximum Gasteiger partial charge on any atom is 0.343 e. The number of carbonyl (C=O) groups is 1.